The van der Waals surface area contributed by atoms with Gasteiger partial charge in [-0.05, 0) is 26.2 Å². The molecule has 0 unspecified atom stereocenters. The van der Waals surface area contributed by atoms with E-state index in [1.54, 1.807) is 6.07 Å². The van der Waals surface area contributed by atoms with E-state index in [0.717, 1.165) is 5.69 Å². The summed E-state index contributed by atoms with van der Waals surface area (Å²) in [5.41, 5.74) is 0.870. The first kappa shape index (κ1) is 11.6. The minimum absolute atomic E-state index is 0.139. The third-order valence-electron chi connectivity index (χ3n) is 3.11. The molecule has 6 nitrogen and oxygen atoms in total. The summed E-state index contributed by atoms with van der Waals surface area (Å²) in [5.74, 6) is -1.05. The van der Waals surface area contributed by atoms with Crippen LogP contribution in [0.15, 0.2) is 6.07 Å². The number of aromatic nitrogens is 2. The number of aryl methyl sites for hydroxylation is 1. The van der Waals surface area contributed by atoms with Gasteiger partial charge in [0.05, 0.1) is 5.92 Å². The van der Waals surface area contributed by atoms with Gasteiger partial charge >= 0.3 is 5.97 Å². The highest BCUT2D eigenvalue weighted by Gasteiger charge is 2.33. The van der Waals surface area contributed by atoms with Crippen molar-refractivity contribution in [3.05, 3.63) is 11.8 Å². The minimum atomic E-state index is -0.809. The smallest absolute Gasteiger partial charge is 0.306 e. The van der Waals surface area contributed by atoms with Gasteiger partial charge in [0.1, 0.15) is 0 Å². The van der Waals surface area contributed by atoms with E-state index in [2.05, 4.69) is 15.5 Å². The Bertz CT molecular complexity index is 441. The van der Waals surface area contributed by atoms with E-state index in [4.69, 9.17) is 5.11 Å². The number of aliphatic carboxylic acids is 1. The van der Waals surface area contributed by atoms with Gasteiger partial charge in [-0.15, -0.1) is 0 Å². The molecule has 0 bridgehead atoms. The lowest BCUT2D eigenvalue weighted by Gasteiger charge is -2.08. The standard InChI is InChI=1S/C11H15N3O3/c1-6-4-9(14-13-6)12-10(15)7-2-3-8(5-7)11(16)17/h4,7-8H,2-3,5H2,1H3,(H,16,17)(H2,12,13,14,15)/t7-,8+/m1/s1. The molecule has 0 aromatic carbocycles. The molecular formula is C11H15N3O3. The number of anilines is 1. The molecule has 2 atom stereocenters. The first-order chi connectivity index (χ1) is 8.06. The predicted octanol–water partition coefficient (Wildman–Crippen LogP) is 1.16. The summed E-state index contributed by atoms with van der Waals surface area (Å²) in [6.07, 6.45) is 1.63. The van der Waals surface area contributed by atoms with Gasteiger partial charge in [-0.3, -0.25) is 14.7 Å². The molecule has 1 fully saturated rings. The van der Waals surface area contributed by atoms with E-state index in [-0.39, 0.29) is 17.7 Å². The molecule has 3 N–H and O–H groups in total. The Morgan fingerprint density at radius 3 is 2.71 bits per heavy atom. The van der Waals surface area contributed by atoms with Crippen molar-refractivity contribution in [2.24, 2.45) is 11.8 Å². The van der Waals surface area contributed by atoms with Crippen LogP contribution in [0.2, 0.25) is 0 Å². The van der Waals surface area contributed by atoms with Crippen molar-refractivity contribution in [2.75, 3.05) is 5.32 Å². The van der Waals surface area contributed by atoms with Gasteiger partial charge in [0.15, 0.2) is 5.82 Å². The quantitative estimate of drug-likeness (QED) is 0.735. The van der Waals surface area contributed by atoms with E-state index in [1.165, 1.54) is 0 Å². The average Bonchev–Trinajstić information content (AvgIpc) is 2.86. The van der Waals surface area contributed by atoms with Crippen LogP contribution in [0.3, 0.4) is 0 Å². The van der Waals surface area contributed by atoms with Crippen molar-refractivity contribution in [2.45, 2.75) is 26.2 Å². The number of aromatic amines is 1. The van der Waals surface area contributed by atoms with E-state index < -0.39 is 5.97 Å². The zero-order valence-corrected chi connectivity index (χ0v) is 9.56. The van der Waals surface area contributed by atoms with Crippen molar-refractivity contribution in [1.82, 2.24) is 10.2 Å². The number of nitrogens with zero attached hydrogens (tertiary/aromatic N) is 1. The van der Waals surface area contributed by atoms with Gasteiger partial charge in [0.25, 0.3) is 0 Å². The second kappa shape index (κ2) is 4.57. The lowest BCUT2D eigenvalue weighted by atomic mass is 10.0. The van der Waals surface area contributed by atoms with Gasteiger partial charge in [0, 0.05) is 17.7 Å². The Hall–Kier alpha value is -1.85. The highest BCUT2D eigenvalue weighted by atomic mass is 16.4. The molecule has 1 aromatic rings. The van der Waals surface area contributed by atoms with Crippen molar-refractivity contribution in [1.29, 1.82) is 0 Å². The Balaban J connectivity index is 1.91. The van der Waals surface area contributed by atoms with Crippen LogP contribution in [0.25, 0.3) is 0 Å². The predicted molar refractivity (Wildman–Crippen MR) is 60.4 cm³/mol. The van der Waals surface area contributed by atoms with E-state index in [1.807, 2.05) is 6.92 Å². The summed E-state index contributed by atoms with van der Waals surface area (Å²) < 4.78 is 0. The first-order valence-corrected chi connectivity index (χ1v) is 5.62. The number of carbonyl (C=O) groups excluding carboxylic acids is 1. The largest absolute Gasteiger partial charge is 0.481 e. The lowest BCUT2D eigenvalue weighted by molar-refractivity contribution is -0.141. The van der Waals surface area contributed by atoms with Crippen LogP contribution in [0.1, 0.15) is 25.0 Å². The normalized spacial score (nSPS) is 23.6. The molecule has 0 aliphatic heterocycles. The number of H-pyrrole nitrogens is 1. The summed E-state index contributed by atoms with van der Waals surface area (Å²) in [6, 6.07) is 1.74. The molecule has 0 saturated heterocycles. The summed E-state index contributed by atoms with van der Waals surface area (Å²) in [6.45, 7) is 1.85. The molecule has 1 aliphatic rings. The molecule has 1 amide bonds. The van der Waals surface area contributed by atoms with Gasteiger partial charge in [-0.25, -0.2) is 0 Å². The van der Waals surface area contributed by atoms with E-state index >= 15 is 0 Å². The fourth-order valence-electron chi connectivity index (χ4n) is 2.15. The molecule has 1 saturated carbocycles. The second-order valence-corrected chi connectivity index (χ2v) is 4.47. The van der Waals surface area contributed by atoms with Crippen molar-refractivity contribution in [3.8, 4) is 0 Å². The third-order valence-corrected chi connectivity index (χ3v) is 3.11. The number of hydrogen-bond acceptors (Lipinski definition) is 3. The van der Waals surface area contributed by atoms with Crippen molar-refractivity contribution < 1.29 is 14.7 Å². The number of amides is 1. The molecular weight excluding hydrogens is 222 g/mol. The Kier molecular flexibility index (Phi) is 3.12. The monoisotopic (exact) mass is 237 g/mol. The molecule has 0 spiro atoms. The Morgan fingerprint density at radius 2 is 2.18 bits per heavy atom. The van der Waals surface area contributed by atoms with E-state index in [0.29, 0.717) is 25.1 Å². The Morgan fingerprint density at radius 1 is 1.47 bits per heavy atom. The van der Waals surface area contributed by atoms with Crippen LogP contribution < -0.4 is 5.32 Å². The van der Waals surface area contributed by atoms with Crippen LogP contribution >= 0.6 is 0 Å². The van der Waals surface area contributed by atoms with Crippen LogP contribution in [-0.2, 0) is 9.59 Å². The number of hydrogen-bond donors (Lipinski definition) is 3. The molecule has 92 valence electrons. The number of carbonyl (C=O) groups is 2. The maximum absolute atomic E-state index is 11.8. The van der Waals surface area contributed by atoms with Gasteiger partial charge in [0.2, 0.25) is 5.91 Å². The summed E-state index contributed by atoms with van der Waals surface area (Å²) in [4.78, 5) is 22.6. The molecule has 17 heavy (non-hydrogen) atoms. The number of carboxylic acid groups (broad SMARTS) is 1. The van der Waals surface area contributed by atoms with Crippen LogP contribution in [-0.4, -0.2) is 27.2 Å². The second-order valence-electron chi connectivity index (χ2n) is 4.47. The van der Waals surface area contributed by atoms with Crippen LogP contribution in [0, 0.1) is 18.8 Å². The lowest BCUT2D eigenvalue weighted by Crippen LogP contribution is -2.21. The summed E-state index contributed by atoms with van der Waals surface area (Å²) in [5, 5.41) is 18.2. The molecule has 0 radical (unpaired) electrons. The minimum Gasteiger partial charge on any atom is -0.481 e. The zero-order chi connectivity index (χ0) is 12.4. The van der Waals surface area contributed by atoms with Crippen LogP contribution in [0.5, 0.6) is 0 Å². The van der Waals surface area contributed by atoms with Gasteiger partial charge in [-0.2, -0.15) is 5.10 Å². The third kappa shape index (κ3) is 2.64. The SMILES string of the molecule is Cc1cc(NC(=O)[C@@H]2CC[C@H](C(=O)O)C2)n[nH]1. The molecule has 6 heteroatoms. The fraction of sp³-hybridized carbons (Fsp3) is 0.545. The van der Waals surface area contributed by atoms with Gasteiger partial charge < -0.3 is 10.4 Å². The fourth-order valence-corrected chi connectivity index (χ4v) is 2.15. The summed E-state index contributed by atoms with van der Waals surface area (Å²) in [7, 11) is 0. The molecule has 1 aliphatic carbocycles. The number of carboxylic acids is 1. The summed E-state index contributed by atoms with van der Waals surface area (Å²) >= 11 is 0. The number of nitrogens with one attached hydrogen (secondary N) is 2. The highest BCUT2D eigenvalue weighted by Crippen LogP contribution is 2.31. The van der Waals surface area contributed by atoms with Crippen molar-refractivity contribution in [3.63, 3.8) is 0 Å². The topological polar surface area (TPSA) is 95.1 Å². The average molecular weight is 237 g/mol. The maximum Gasteiger partial charge on any atom is 0.306 e. The maximum atomic E-state index is 11.8. The Labute approximate surface area is 98.4 Å². The first-order valence-electron chi connectivity index (χ1n) is 5.62. The number of rotatable bonds is 3. The zero-order valence-electron chi connectivity index (χ0n) is 9.56. The van der Waals surface area contributed by atoms with Gasteiger partial charge in [-0.1, -0.05) is 0 Å². The molecule has 1 aromatic heterocycles. The van der Waals surface area contributed by atoms with E-state index in [9.17, 15) is 9.59 Å². The highest BCUT2D eigenvalue weighted by molar-refractivity contribution is 5.92. The van der Waals surface area contributed by atoms with Crippen molar-refractivity contribution >= 4 is 17.7 Å². The van der Waals surface area contributed by atoms with Crippen LogP contribution in [0.4, 0.5) is 5.82 Å². The molecule has 1 heterocycles. The molecule has 2 rings (SSSR count).